The van der Waals surface area contributed by atoms with Crippen molar-refractivity contribution in [2.75, 3.05) is 36.1 Å². The molecule has 0 aromatic heterocycles. The van der Waals surface area contributed by atoms with Crippen molar-refractivity contribution in [3.63, 3.8) is 0 Å². The van der Waals surface area contributed by atoms with Gasteiger partial charge >= 0.3 is 0 Å². The maximum absolute atomic E-state index is 12.3. The predicted molar refractivity (Wildman–Crippen MR) is 122 cm³/mol. The van der Waals surface area contributed by atoms with Gasteiger partial charge in [-0.1, -0.05) is 25.1 Å². The van der Waals surface area contributed by atoms with Gasteiger partial charge in [-0.15, -0.1) is 0 Å². The monoisotopic (exact) mass is 480 g/mol. The lowest BCUT2D eigenvalue weighted by atomic mass is 10.1. The minimum Gasteiger partial charge on any atom is -0.377 e. The minimum atomic E-state index is -3.62. The molecule has 0 aliphatic heterocycles. The van der Waals surface area contributed by atoms with Crippen LogP contribution in [0.25, 0.3) is 0 Å². The molecule has 0 radical (unpaired) electrons. The summed E-state index contributed by atoms with van der Waals surface area (Å²) in [6.45, 7) is 1.66. The Bertz CT molecular complexity index is 989. The summed E-state index contributed by atoms with van der Waals surface area (Å²) in [5.74, 6) is -0.532. The fraction of sp³-hybridized carbons (Fsp3) is 0.300. The summed E-state index contributed by atoms with van der Waals surface area (Å²) >= 11 is 3.50. The summed E-state index contributed by atoms with van der Waals surface area (Å²) in [6, 6.07) is 12.8. The van der Waals surface area contributed by atoms with Crippen LogP contribution in [0.3, 0.4) is 0 Å². The van der Waals surface area contributed by atoms with Gasteiger partial charge in [-0.05, 0) is 57.7 Å². The van der Waals surface area contributed by atoms with Gasteiger partial charge in [0.2, 0.25) is 10.0 Å². The van der Waals surface area contributed by atoms with E-state index in [-0.39, 0.29) is 6.54 Å². The number of carbonyl (C=O) groups is 1. The van der Waals surface area contributed by atoms with Gasteiger partial charge in [0.15, 0.2) is 0 Å². The quantitative estimate of drug-likeness (QED) is 0.464. The Morgan fingerprint density at radius 3 is 2.34 bits per heavy atom. The highest BCUT2D eigenvalue weighted by Gasteiger charge is 2.20. The molecule has 0 saturated carbocycles. The van der Waals surface area contributed by atoms with Crippen LogP contribution in [-0.2, 0) is 21.2 Å². The molecule has 2 rings (SSSR count). The third-order valence-corrected chi connectivity index (χ3v) is 5.95. The van der Waals surface area contributed by atoms with Crippen LogP contribution in [0, 0.1) is 0 Å². The van der Waals surface area contributed by atoms with Crippen molar-refractivity contribution in [3.05, 3.63) is 58.1 Å². The zero-order chi connectivity index (χ0) is 21.6. The van der Waals surface area contributed by atoms with Crippen LogP contribution < -0.4 is 14.6 Å². The molecule has 0 bridgehead atoms. The van der Waals surface area contributed by atoms with Crippen molar-refractivity contribution in [3.8, 4) is 0 Å². The van der Waals surface area contributed by atoms with Gasteiger partial charge in [-0.2, -0.15) is 5.10 Å². The summed E-state index contributed by atoms with van der Waals surface area (Å²) in [4.78, 5) is 14.2. The van der Waals surface area contributed by atoms with E-state index in [4.69, 9.17) is 0 Å². The van der Waals surface area contributed by atoms with Gasteiger partial charge in [-0.3, -0.25) is 9.10 Å². The number of anilines is 2. The average molecular weight is 481 g/mol. The van der Waals surface area contributed by atoms with Gasteiger partial charge in [0.25, 0.3) is 5.91 Å². The van der Waals surface area contributed by atoms with E-state index < -0.39 is 15.9 Å². The van der Waals surface area contributed by atoms with Crippen LogP contribution in [0.5, 0.6) is 0 Å². The molecule has 0 spiro atoms. The number of amides is 1. The van der Waals surface area contributed by atoms with E-state index >= 15 is 0 Å². The Labute approximate surface area is 180 Å². The van der Waals surface area contributed by atoms with Crippen LogP contribution in [-0.4, -0.2) is 47.4 Å². The third-order valence-electron chi connectivity index (χ3n) is 4.18. The predicted octanol–water partition coefficient (Wildman–Crippen LogP) is 2.99. The lowest BCUT2D eigenvalue weighted by Crippen LogP contribution is -2.39. The average Bonchev–Trinajstić information content (AvgIpc) is 2.65. The molecular weight excluding hydrogens is 456 g/mol. The molecule has 0 atom stereocenters. The standard InChI is InChI=1S/C20H25BrN4O3S/c1-5-15-6-9-17(10-7-15)25(29(4,27)28)14-20(26)23-22-13-16-8-11-19(24(2)3)18(21)12-16/h6-13H,5,14H2,1-4H3,(H,23,26)/b22-13-. The minimum absolute atomic E-state index is 0.356. The molecule has 0 aliphatic rings. The van der Waals surface area contributed by atoms with Crippen LogP contribution >= 0.6 is 15.9 Å². The Morgan fingerprint density at radius 2 is 1.83 bits per heavy atom. The van der Waals surface area contributed by atoms with E-state index in [0.717, 1.165) is 38.3 Å². The van der Waals surface area contributed by atoms with Gasteiger partial charge in [0.1, 0.15) is 6.54 Å². The molecule has 0 unspecified atom stereocenters. The summed E-state index contributed by atoms with van der Waals surface area (Å²) in [6.07, 6.45) is 3.42. The molecule has 9 heteroatoms. The topological polar surface area (TPSA) is 82.1 Å². The molecule has 2 aromatic rings. The van der Waals surface area contributed by atoms with E-state index in [1.165, 1.54) is 6.21 Å². The van der Waals surface area contributed by atoms with Crippen LogP contribution in [0.2, 0.25) is 0 Å². The summed E-state index contributed by atoms with van der Waals surface area (Å²) in [5, 5.41) is 3.93. The van der Waals surface area contributed by atoms with Crippen molar-refractivity contribution < 1.29 is 13.2 Å². The number of halogens is 1. The Kier molecular flexibility index (Phi) is 7.80. The Morgan fingerprint density at radius 1 is 1.17 bits per heavy atom. The lowest BCUT2D eigenvalue weighted by molar-refractivity contribution is -0.119. The van der Waals surface area contributed by atoms with Gasteiger partial charge < -0.3 is 4.90 Å². The number of nitrogens with one attached hydrogen (secondary N) is 1. The summed E-state index contributed by atoms with van der Waals surface area (Å²) in [7, 11) is 0.265. The normalized spacial score (nSPS) is 11.5. The Balaban J connectivity index is 2.06. The molecule has 0 heterocycles. The molecule has 156 valence electrons. The molecule has 0 aliphatic carbocycles. The van der Waals surface area contributed by atoms with Gasteiger partial charge in [0, 0.05) is 18.6 Å². The zero-order valence-corrected chi connectivity index (χ0v) is 19.3. The fourth-order valence-corrected chi connectivity index (χ4v) is 4.22. The molecule has 7 nitrogen and oxygen atoms in total. The van der Waals surface area contributed by atoms with E-state index in [9.17, 15) is 13.2 Å². The van der Waals surface area contributed by atoms with Crippen molar-refractivity contribution in [2.24, 2.45) is 5.10 Å². The number of benzene rings is 2. The molecular formula is C20H25BrN4O3S. The number of hydrogen-bond acceptors (Lipinski definition) is 5. The fourth-order valence-electron chi connectivity index (χ4n) is 2.61. The smallest absolute Gasteiger partial charge is 0.260 e. The van der Waals surface area contributed by atoms with Crippen molar-refractivity contribution >= 4 is 49.4 Å². The molecule has 0 fully saturated rings. The summed E-state index contributed by atoms with van der Waals surface area (Å²) in [5.41, 5.74) is 5.71. The molecule has 29 heavy (non-hydrogen) atoms. The van der Waals surface area contributed by atoms with Crippen LogP contribution in [0.4, 0.5) is 11.4 Å². The largest absolute Gasteiger partial charge is 0.377 e. The maximum Gasteiger partial charge on any atom is 0.260 e. The molecule has 1 N–H and O–H groups in total. The van der Waals surface area contributed by atoms with Gasteiger partial charge in [0.05, 0.1) is 23.8 Å². The second kappa shape index (κ2) is 9.89. The third kappa shape index (κ3) is 6.57. The first-order chi connectivity index (χ1) is 13.6. The zero-order valence-electron chi connectivity index (χ0n) is 16.9. The van der Waals surface area contributed by atoms with Crippen molar-refractivity contribution in [1.82, 2.24) is 5.43 Å². The molecule has 2 aromatic carbocycles. The highest BCUT2D eigenvalue weighted by molar-refractivity contribution is 9.10. The number of rotatable bonds is 8. The van der Waals surface area contributed by atoms with Crippen LogP contribution in [0.1, 0.15) is 18.1 Å². The second-order valence-corrected chi connectivity index (χ2v) is 9.45. The first-order valence-corrected chi connectivity index (χ1v) is 11.6. The molecule has 0 saturated heterocycles. The first kappa shape index (κ1) is 22.9. The van der Waals surface area contributed by atoms with Gasteiger partial charge in [-0.25, -0.2) is 13.8 Å². The Hall–Kier alpha value is -2.39. The van der Waals surface area contributed by atoms with E-state index in [2.05, 4.69) is 26.5 Å². The van der Waals surface area contributed by atoms with Crippen LogP contribution in [0.15, 0.2) is 52.0 Å². The number of hydrazone groups is 1. The second-order valence-electron chi connectivity index (χ2n) is 6.69. The first-order valence-electron chi connectivity index (χ1n) is 8.97. The lowest BCUT2D eigenvalue weighted by Gasteiger charge is -2.21. The van der Waals surface area contributed by atoms with Crippen molar-refractivity contribution in [1.29, 1.82) is 0 Å². The highest BCUT2D eigenvalue weighted by Crippen LogP contribution is 2.25. The summed E-state index contributed by atoms with van der Waals surface area (Å²) < 4.78 is 26.2. The van der Waals surface area contributed by atoms with E-state index in [1.54, 1.807) is 12.1 Å². The number of carbonyl (C=O) groups excluding carboxylic acids is 1. The molecule has 1 amide bonds. The van der Waals surface area contributed by atoms with E-state index in [1.807, 2.05) is 56.3 Å². The number of sulfonamides is 1. The highest BCUT2D eigenvalue weighted by atomic mass is 79.9. The SMILES string of the molecule is CCc1ccc(N(CC(=O)N/N=C\c2ccc(N(C)C)c(Br)c2)S(C)(=O)=O)cc1. The maximum atomic E-state index is 12.3. The van der Waals surface area contributed by atoms with Crippen molar-refractivity contribution in [2.45, 2.75) is 13.3 Å². The van der Waals surface area contributed by atoms with E-state index in [0.29, 0.717) is 5.69 Å². The number of aryl methyl sites for hydroxylation is 1. The number of hydrogen-bond donors (Lipinski definition) is 1. The number of nitrogens with zero attached hydrogens (tertiary/aromatic N) is 3.